The third-order valence-electron chi connectivity index (χ3n) is 4.99. The third kappa shape index (κ3) is 3.53. The second-order valence-corrected chi connectivity index (χ2v) is 6.94. The van der Waals surface area contributed by atoms with Crippen molar-refractivity contribution in [2.45, 2.75) is 6.92 Å². The molecule has 0 atom stereocenters. The number of methoxy groups -OCH3 is 1. The summed E-state index contributed by atoms with van der Waals surface area (Å²) in [5.41, 5.74) is 4.13. The maximum Gasteiger partial charge on any atom is 0.337 e. The normalized spacial score (nSPS) is 14.0. The first kappa shape index (κ1) is 19.7. The number of amides is 1. The number of β-amino-alcohol motifs (C(OH)–C–C–N with tert-alkyl or cyclic N) is 1. The first-order valence-corrected chi connectivity index (χ1v) is 9.47. The summed E-state index contributed by atoms with van der Waals surface area (Å²) in [7, 11) is 1.26. The minimum Gasteiger partial charge on any atom is -0.466 e. The van der Waals surface area contributed by atoms with Crippen LogP contribution in [0.15, 0.2) is 58.2 Å². The van der Waals surface area contributed by atoms with Crippen LogP contribution in [0.5, 0.6) is 0 Å². The van der Waals surface area contributed by atoms with E-state index in [2.05, 4.69) is 10.3 Å². The predicted molar refractivity (Wildman–Crippen MR) is 111 cm³/mol. The van der Waals surface area contributed by atoms with Gasteiger partial charge < -0.3 is 24.5 Å². The first-order chi connectivity index (χ1) is 14.5. The topological polar surface area (TPSA) is 105 Å². The number of benzene rings is 2. The quantitative estimate of drug-likeness (QED) is 0.605. The van der Waals surface area contributed by atoms with Crippen molar-refractivity contribution in [1.29, 1.82) is 0 Å². The molecule has 1 aliphatic heterocycles. The molecule has 3 aromatic rings. The highest BCUT2D eigenvalue weighted by molar-refractivity contribution is 6.08. The zero-order chi connectivity index (χ0) is 21.3. The van der Waals surface area contributed by atoms with E-state index in [0.29, 0.717) is 22.7 Å². The zero-order valence-electron chi connectivity index (χ0n) is 16.6. The van der Waals surface area contributed by atoms with Crippen LogP contribution in [0, 0.1) is 6.92 Å². The number of aryl methyl sites for hydroxylation is 1. The number of esters is 1. The molecule has 0 fully saturated rings. The molecule has 0 saturated carbocycles. The van der Waals surface area contributed by atoms with Gasteiger partial charge in [0.2, 0.25) is 5.89 Å². The van der Waals surface area contributed by atoms with E-state index in [1.54, 1.807) is 18.2 Å². The molecule has 2 N–H and O–H groups in total. The summed E-state index contributed by atoms with van der Waals surface area (Å²) >= 11 is 0. The van der Waals surface area contributed by atoms with E-state index < -0.39 is 5.97 Å². The van der Waals surface area contributed by atoms with Crippen molar-refractivity contribution in [2.75, 3.05) is 32.1 Å². The molecule has 2 heterocycles. The van der Waals surface area contributed by atoms with E-state index in [0.717, 1.165) is 11.1 Å². The smallest absolute Gasteiger partial charge is 0.337 e. The average molecular weight is 407 g/mol. The predicted octanol–water partition coefficient (Wildman–Crippen LogP) is 2.48. The number of fused-ring (bicyclic) bond motifs is 1. The second-order valence-electron chi connectivity index (χ2n) is 6.94. The second kappa shape index (κ2) is 8.00. The van der Waals surface area contributed by atoms with Crippen LogP contribution in [0.3, 0.4) is 0 Å². The molecule has 0 spiro atoms. The Labute approximate surface area is 172 Å². The van der Waals surface area contributed by atoms with Crippen LogP contribution in [-0.2, 0) is 14.3 Å². The van der Waals surface area contributed by atoms with Crippen molar-refractivity contribution in [2.24, 2.45) is 0 Å². The van der Waals surface area contributed by atoms with Gasteiger partial charge in [0.25, 0.3) is 5.91 Å². The Morgan fingerprint density at radius 2 is 2.10 bits per heavy atom. The van der Waals surface area contributed by atoms with Crippen LogP contribution < -0.4 is 5.32 Å². The van der Waals surface area contributed by atoms with E-state index in [1.807, 2.05) is 31.2 Å². The Balaban J connectivity index is 1.67. The molecule has 8 heteroatoms. The van der Waals surface area contributed by atoms with Crippen molar-refractivity contribution in [3.63, 3.8) is 0 Å². The van der Waals surface area contributed by atoms with Gasteiger partial charge in [0.1, 0.15) is 11.2 Å². The molecule has 0 radical (unpaired) electrons. The van der Waals surface area contributed by atoms with Crippen molar-refractivity contribution < 1.29 is 23.8 Å². The molecule has 1 amide bonds. The molecule has 1 aliphatic rings. The largest absolute Gasteiger partial charge is 0.466 e. The van der Waals surface area contributed by atoms with Gasteiger partial charge in [-0.25, -0.2) is 9.78 Å². The van der Waals surface area contributed by atoms with Gasteiger partial charge >= 0.3 is 5.97 Å². The molecule has 30 heavy (non-hydrogen) atoms. The van der Waals surface area contributed by atoms with Gasteiger partial charge in [-0.2, -0.15) is 0 Å². The Kier molecular flexibility index (Phi) is 5.24. The fourth-order valence-corrected chi connectivity index (χ4v) is 3.43. The third-order valence-corrected chi connectivity index (χ3v) is 4.99. The maximum absolute atomic E-state index is 12.7. The summed E-state index contributed by atoms with van der Waals surface area (Å²) < 4.78 is 10.7. The monoisotopic (exact) mass is 407 g/mol. The van der Waals surface area contributed by atoms with Crippen LogP contribution in [0.1, 0.15) is 5.56 Å². The van der Waals surface area contributed by atoms with Crippen LogP contribution in [-0.4, -0.2) is 53.7 Å². The van der Waals surface area contributed by atoms with Gasteiger partial charge in [0.15, 0.2) is 5.58 Å². The lowest BCUT2D eigenvalue weighted by Gasteiger charge is -2.14. The van der Waals surface area contributed by atoms with Gasteiger partial charge in [-0.1, -0.05) is 18.2 Å². The van der Waals surface area contributed by atoms with Gasteiger partial charge in [-0.05, 0) is 36.8 Å². The van der Waals surface area contributed by atoms with E-state index in [1.165, 1.54) is 12.0 Å². The molecule has 2 aromatic carbocycles. The van der Waals surface area contributed by atoms with E-state index in [-0.39, 0.29) is 36.9 Å². The summed E-state index contributed by atoms with van der Waals surface area (Å²) in [6.07, 6.45) is 0. The Bertz CT molecular complexity index is 1160. The number of hydrogen-bond donors (Lipinski definition) is 2. The number of ether oxygens (including phenoxy) is 1. The van der Waals surface area contributed by atoms with Crippen molar-refractivity contribution in [3.8, 4) is 11.5 Å². The van der Waals surface area contributed by atoms with E-state index in [9.17, 15) is 9.59 Å². The maximum atomic E-state index is 12.7. The van der Waals surface area contributed by atoms with Crippen molar-refractivity contribution in [1.82, 2.24) is 9.88 Å². The highest BCUT2D eigenvalue weighted by Crippen LogP contribution is 2.29. The van der Waals surface area contributed by atoms with Gasteiger partial charge in [0, 0.05) is 17.8 Å². The SMILES string of the molecule is COC(=O)C1=C(Nc2ccc3oc(-c4ccccc4C)nc3c2)C(=O)N(CCO)C1. The molecule has 0 bridgehead atoms. The first-order valence-electron chi connectivity index (χ1n) is 9.47. The van der Waals surface area contributed by atoms with Crippen LogP contribution in [0.25, 0.3) is 22.6 Å². The number of nitrogens with zero attached hydrogens (tertiary/aromatic N) is 2. The van der Waals surface area contributed by atoms with Crippen LogP contribution >= 0.6 is 0 Å². The molecule has 154 valence electrons. The Hall–Kier alpha value is -3.65. The Morgan fingerprint density at radius 1 is 1.30 bits per heavy atom. The van der Waals surface area contributed by atoms with Crippen molar-refractivity contribution in [3.05, 3.63) is 59.3 Å². The number of aliphatic hydroxyl groups is 1. The lowest BCUT2D eigenvalue weighted by atomic mass is 10.1. The molecule has 0 saturated heterocycles. The van der Waals surface area contributed by atoms with Gasteiger partial charge in [-0.15, -0.1) is 0 Å². The molecule has 0 unspecified atom stereocenters. The molecule has 4 rings (SSSR count). The summed E-state index contributed by atoms with van der Waals surface area (Å²) in [6, 6.07) is 13.1. The fourth-order valence-electron chi connectivity index (χ4n) is 3.43. The van der Waals surface area contributed by atoms with Gasteiger partial charge in [-0.3, -0.25) is 4.79 Å². The molecule has 8 nitrogen and oxygen atoms in total. The number of carbonyl (C=O) groups excluding carboxylic acids is 2. The highest BCUT2D eigenvalue weighted by Gasteiger charge is 2.34. The van der Waals surface area contributed by atoms with Crippen LogP contribution in [0.2, 0.25) is 0 Å². The lowest BCUT2D eigenvalue weighted by Crippen LogP contribution is -2.31. The number of aliphatic hydroxyl groups excluding tert-OH is 1. The molecule has 0 aliphatic carbocycles. The molecular weight excluding hydrogens is 386 g/mol. The minimum absolute atomic E-state index is 0.0814. The summed E-state index contributed by atoms with van der Waals surface area (Å²) in [5.74, 6) is -0.443. The number of carbonyl (C=O) groups is 2. The number of anilines is 1. The summed E-state index contributed by atoms with van der Waals surface area (Å²) in [5, 5.41) is 12.2. The van der Waals surface area contributed by atoms with Gasteiger partial charge in [0.05, 0.1) is 25.8 Å². The van der Waals surface area contributed by atoms with E-state index in [4.69, 9.17) is 14.3 Å². The minimum atomic E-state index is -0.587. The van der Waals surface area contributed by atoms with E-state index >= 15 is 0 Å². The highest BCUT2D eigenvalue weighted by atomic mass is 16.5. The number of aromatic nitrogens is 1. The summed E-state index contributed by atoms with van der Waals surface area (Å²) in [6.45, 7) is 2.01. The van der Waals surface area contributed by atoms with Crippen molar-refractivity contribution >= 4 is 28.7 Å². The zero-order valence-corrected chi connectivity index (χ0v) is 16.6. The molecule has 1 aromatic heterocycles. The number of hydrogen-bond acceptors (Lipinski definition) is 7. The lowest BCUT2D eigenvalue weighted by molar-refractivity contribution is -0.136. The Morgan fingerprint density at radius 3 is 2.83 bits per heavy atom. The number of oxazole rings is 1. The average Bonchev–Trinajstić information content (AvgIpc) is 3.30. The number of rotatable bonds is 6. The summed E-state index contributed by atoms with van der Waals surface area (Å²) in [4.78, 5) is 30.8. The fraction of sp³-hybridized carbons (Fsp3) is 0.227. The standard InChI is InChI=1S/C22H21N3O5/c1-13-5-3-4-6-15(13)20-24-17-11-14(7-8-18(17)30-20)23-19-16(22(28)29-2)12-25(9-10-26)21(19)27/h3-8,11,23,26H,9-10,12H2,1-2H3. The number of nitrogens with one attached hydrogen (secondary N) is 1. The van der Waals surface area contributed by atoms with Crippen LogP contribution in [0.4, 0.5) is 5.69 Å². The molecular formula is C22H21N3O5.